The molecule has 0 aliphatic carbocycles. The lowest BCUT2D eigenvalue weighted by Gasteiger charge is -2.39. The molecule has 2 aliphatic rings. The molecule has 3 atom stereocenters. The highest BCUT2D eigenvalue weighted by molar-refractivity contribution is 8.00. The summed E-state index contributed by atoms with van der Waals surface area (Å²) in [7, 11) is 3.24. The zero-order valence-corrected chi connectivity index (χ0v) is 19.4. The van der Waals surface area contributed by atoms with Crippen LogP contribution in [-0.4, -0.2) is 51.5 Å². The zero-order valence-electron chi connectivity index (χ0n) is 17.6. The van der Waals surface area contributed by atoms with Crippen LogP contribution in [0.2, 0.25) is 0 Å². The quantitative estimate of drug-likeness (QED) is 0.687. The van der Waals surface area contributed by atoms with E-state index in [2.05, 4.69) is 48.5 Å². The summed E-state index contributed by atoms with van der Waals surface area (Å²) in [4.78, 5) is 31.1. The van der Waals surface area contributed by atoms with E-state index < -0.39 is 17.8 Å². The van der Waals surface area contributed by atoms with Gasteiger partial charge in [-0.25, -0.2) is 9.78 Å². The van der Waals surface area contributed by atoms with Crippen LogP contribution in [0.1, 0.15) is 47.5 Å². The largest absolute Gasteiger partial charge is 0.441 e. The third-order valence-corrected chi connectivity index (χ3v) is 7.20. The summed E-state index contributed by atoms with van der Waals surface area (Å²) >= 11 is 1.43. The van der Waals surface area contributed by atoms with Gasteiger partial charge in [0.1, 0.15) is 17.7 Å². The zero-order chi connectivity index (χ0) is 21.4. The fraction of sp³-hybridized carbons (Fsp3) is 0.650. The number of carbonyl (C=O) groups excluding carboxylic acids is 2. The Kier molecular flexibility index (Phi) is 6.31. The molecular weight excluding hydrogens is 406 g/mol. The summed E-state index contributed by atoms with van der Waals surface area (Å²) in [5.74, 6) is 1.37. The van der Waals surface area contributed by atoms with Crippen molar-refractivity contribution < 1.29 is 18.8 Å². The SMILES string of the molecule is CC(CCC(C)(C)C)C(C)(O[Si])[C@H]1CN(c2ccc3c(n2)NC(=O)CS3)C(=O)O1. The molecule has 7 nitrogen and oxygen atoms in total. The van der Waals surface area contributed by atoms with Gasteiger partial charge in [-0.05, 0) is 43.2 Å². The van der Waals surface area contributed by atoms with Gasteiger partial charge >= 0.3 is 6.09 Å². The third-order valence-electron chi connectivity index (χ3n) is 5.71. The van der Waals surface area contributed by atoms with Gasteiger partial charge in [0.15, 0.2) is 0 Å². The average molecular weight is 435 g/mol. The Morgan fingerprint density at radius 1 is 1.38 bits per heavy atom. The van der Waals surface area contributed by atoms with E-state index in [-0.39, 0.29) is 17.2 Å². The van der Waals surface area contributed by atoms with Gasteiger partial charge in [0, 0.05) is 0 Å². The maximum atomic E-state index is 12.6. The van der Waals surface area contributed by atoms with Gasteiger partial charge in [0.05, 0.1) is 22.8 Å². The van der Waals surface area contributed by atoms with Crippen LogP contribution in [-0.2, 0) is 14.0 Å². The minimum Gasteiger partial charge on any atom is -0.441 e. The van der Waals surface area contributed by atoms with Gasteiger partial charge in [0.2, 0.25) is 16.4 Å². The number of cyclic esters (lactones) is 1. The number of nitrogens with one attached hydrogen (secondary N) is 1. The van der Waals surface area contributed by atoms with Crippen molar-refractivity contribution in [3.63, 3.8) is 0 Å². The maximum Gasteiger partial charge on any atom is 0.416 e. The van der Waals surface area contributed by atoms with E-state index in [4.69, 9.17) is 9.16 Å². The third kappa shape index (κ3) is 4.78. The van der Waals surface area contributed by atoms with E-state index in [0.29, 0.717) is 23.9 Å². The van der Waals surface area contributed by atoms with E-state index >= 15 is 0 Å². The fourth-order valence-electron chi connectivity index (χ4n) is 3.47. The number of anilines is 2. The first-order valence-corrected chi connectivity index (χ1v) is 11.2. The van der Waals surface area contributed by atoms with Crippen LogP contribution in [0.4, 0.5) is 16.4 Å². The Labute approximate surface area is 179 Å². The molecule has 0 aromatic carbocycles. The molecule has 29 heavy (non-hydrogen) atoms. The van der Waals surface area contributed by atoms with Crippen molar-refractivity contribution in [2.45, 2.75) is 64.1 Å². The lowest BCUT2D eigenvalue weighted by molar-refractivity contribution is -0.113. The second-order valence-corrected chi connectivity index (χ2v) is 10.3. The first-order chi connectivity index (χ1) is 13.5. The van der Waals surface area contributed by atoms with E-state index in [0.717, 1.165) is 17.7 Å². The van der Waals surface area contributed by atoms with Crippen molar-refractivity contribution in [3.8, 4) is 0 Å². The Bertz CT molecular complexity index is 800. The number of hydrogen-bond donors (Lipinski definition) is 1. The molecule has 1 saturated heterocycles. The molecule has 9 heteroatoms. The molecule has 0 bridgehead atoms. The molecule has 2 aliphatic heterocycles. The van der Waals surface area contributed by atoms with E-state index in [1.165, 1.54) is 16.7 Å². The van der Waals surface area contributed by atoms with Crippen molar-refractivity contribution in [2.75, 3.05) is 22.5 Å². The number of carbonyl (C=O) groups is 2. The Morgan fingerprint density at radius 3 is 2.76 bits per heavy atom. The Hall–Kier alpha value is -1.58. The molecular formula is C20H28N3O4SSi. The molecule has 2 unspecified atom stereocenters. The number of fused-ring (bicyclic) bond motifs is 1. The molecule has 1 fully saturated rings. The predicted molar refractivity (Wildman–Crippen MR) is 114 cm³/mol. The number of aromatic nitrogens is 1. The Balaban J connectivity index is 1.76. The number of nitrogens with zero attached hydrogens (tertiary/aromatic N) is 2. The Morgan fingerprint density at radius 2 is 2.10 bits per heavy atom. The number of amides is 2. The van der Waals surface area contributed by atoms with Crippen LogP contribution in [0.25, 0.3) is 0 Å². The smallest absolute Gasteiger partial charge is 0.416 e. The van der Waals surface area contributed by atoms with E-state index in [1.807, 2.05) is 13.0 Å². The molecule has 3 heterocycles. The number of ether oxygens (including phenoxy) is 1. The van der Waals surface area contributed by atoms with Gasteiger partial charge in [-0.15, -0.1) is 11.8 Å². The molecule has 0 saturated carbocycles. The van der Waals surface area contributed by atoms with Crippen LogP contribution >= 0.6 is 11.8 Å². The molecule has 2 amide bonds. The normalized spacial score (nSPS) is 22.6. The molecule has 3 radical (unpaired) electrons. The summed E-state index contributed by atoms with van der Waals surface area (Å²) in [6.07, 6.45) is 1.06. The minimum absolute atomic E-state index is 0.0956. The highest BCUT2D eigenvalue weighted by Gasteiger charge is 2.48. The van der Waals surface area contributed by atoms with Crippen molar-refractivity contribution in [3.05, 3.63) is 12.1 Å². The van der Waals surface area contributed by atoms with Crippen LogP contribution < -0.4 is 10.2 Å². The van der Waals surface area contributed by atoms with Crippen LogP contribution in [0.3, 0.4) is 0 Å². The minimum atomic E-state index is -0.690. The van der Waals surface area contributed by atoms with Crippen molar-refractivity contribution >= 4 is 45.9 Å². The molecule has 1 aromatic rings. The average Bonchev–Trinajstić information content (AvgIpc) is 3.06. The predicted octanol–water partition coefficient (Wildman–Crippen LogP) is 3.77. The highest BCUT2D eigenvalue weighted by Crippen LogP contribution is 2.38. The van der Waals surface area contributed by atoms with E-state index in [9.17, 15) is 9.59 Å². The fourth-order valence-corrected chi connectivity index (χ4v) is 4.56. The highest BCUT2D eigenvalue weighted by atomic mass is 32.2. The molecule has 1 aromatic heterocycles. The summed E-state index contributed by atoms with van der Waals surface area (Å²) in [6.45, 7) is 11.0. The van der Waals surface area contributed by atoms with Gasteiger partial charge in [-0.2, -0.15) is 0 Å². The summed E-state index contributed by atoms with van der Waals surface area (Å²) in [5, 5.41) is 2.76. The topological polar surface area (TPSA) is 80.8 Å². The first-order valence-electron chi connectivity index (χ1n) is 9.80. The first kappa shape index (κ1) is 22.1. The van der Waals surface area contributed by atoms with Gasteiger partial charge in [0.25, 0.3) is 0 Å². The lowest BCUT2D eigenvalue weighted by atomic mass is 9.78. The summed E-state index contributed by atoms with van der Waals surface area (Å²) in [5.41, 5.74) is -0.473. The number of pyridine rings is 1. The molecule has 1 N–H and O–H groups in total. The van der Waals surface area contributed by atoms with Gasteiger partial charge in [-0.3, -0.25) is 9.69 Å². The van der Waals surface area contributed by atoms with E-state index in [1.54, 1.807) is 6.07 Å². The van der Waals surface area contributed by atoms with Gasteiger partial charge in [-0.1, -0.05) is 27.7 Å². The van der Waals surface area contributed by atoms with Gasteiger partial charge < -0.3 is 14.5 Å². The van der Waals surface area contributed by atoms with Crippen molar-refractivity contribution in [1.82, 2.24) is 4.98 Å². The van der Waals surface area contributed by atoms with Crippen molar-refractivity contribution in [1.29, 1.82) is 0 Å². The van der Waals surface area contributed by atoms with Crippen LogP contribution in [0.15, 0.2) is 17.0 Å². The number of thioether (sulfide) groups is 1. The maximum absolute atomic E-state index is 12.6. The standard InChI is InChI=1S/C20H28N3O4SSi/c1-12(8-9-19(2,3)4)20(5,27-29)14-10-23(18(25)26-14)15-7-6-13-17(21-15)22-16(24)11-28-13/h6-7,12,14H,8-11H2,1-5H3,(H,21,22,24)/t12?,14-,20?/m1/s1. The van der Waals surface area contributed by atoms with Crippen LogP contribution in [0.5, 0.6) is 0 Å². The number of rotatable bonds is 6. The molecule has 3 rings (SSSR count). The van der Waals surface area contributed by atoms with Crippen molar-refractivity contribution in [2.24, 2.45) is 11.3 Å². The number of hydrogen-bond acceptors (Lipinski definition) is 6. The lowest BCUT2D eigenvalue weighted by Crippen LogP contribution is -2.49. The summed E-state index contributed by atoms with van der Waals surface area (Å²) in [6, 6.07) is 3.65. The second kappa shape index (κ2) is 8.27. The second-order valence-electron chi connectivity index (χ2n) is 9.12. The molecule has 0 spiro atoms. The summed E-state index contributed by atoms with van der Waals surface area (Å²) < 4.78 is 11.4. The molecule has 157 valence electrons. The van der Waals surface area contributed by atoms with Crippen LogP contribution in [0, 0.1) is 11.3 Å². The monoisotopic (exact) mass is 434 g/mol.